The number of alkyl carbamates (subject to hydrolysis) is 1. The number of hydrogen-bond donors (Lipinski definition) is 2. The van der Waals surface area contributed by atoms with Gasteiger partial charge < -0.3 is 20.3 Å². The van der Waals surface area contributed by atoms with Gasteiger partial charge in [-0.2, -0.15) is 0 Å². The van der Waals surface area contributed by atoms with Gasteiger partial charge in [0.15, 0.2) is 0 Å². The van der Waals surface area contributed by atoms with Crippen molar-refractivity contribution in [2.75, 3.05) is 26.2 Å². The normalized spacial score (nSPS) is 14.9. The van der Waals surface area contributed by atoms with Crippen LogP contribution >= 0.6 is 23.2 Å². The summed E-state index contributed by atoms with van der Waals surface area (Å²) in [7, 11) is 0. The third kappa shape index (κ3) is 8.03. The van der Waals surface area contributed by atoms with Crippen molar-refractivity contribution in [2.45, 2.75) is 45.6 Å². The fourth-order valence-corrected chi connectivity index (χ4v) is 3.39. The van der Waals surface area contributed by atoms with E-state index in [9.17, 15) is 14.4 Å². The van der Waals surface area contributed by atoms with Crippen molar-refractivity contribution < 1.29 is 19.1 Å². The highest BCUT2D eigenvalue weighted by atomic mass is 35.5. The molecule has 0 aliphatic carbocycles. The van der Waals surface area contributed by atoms with Gasteiger partial charge in [0.25, 0.3) is 5.91 Å². The van der Waals surface area contributed by atoms with E-state index in [-0.39, 0.29) is 24.8 Å². The van der Waals surface area contributed by atoms with Gasteiger partial charge >= 0.3 is 6.09 Å². The number of ether oxygens (including phenoxy) is 1. The Hall–Kier alpha value is -1.99. The van der Waals surface area contributed by atoms with Crippen molar-refractivity contribution in [1.82, 2.24) is 15.5 Å². The minimum atomic E-state index is -0.567. The molecule has 0 spiro atoms. The largest absolute Gasteiger partial charge is 0.444 e. The Morgan fingerprint density at radius 2 is 1.77 bits per heavy atom. The molecule has 1 saturated heterocycles. The molecular weight excluding hydrogens is 429 g/mol. The first-order valence-electron chi connectivity index (χ1n) is 10.0. The minimum Gasteiger partial charge on any atom is -0.444 e. The molecular formula is C21H29Cl2N3O4. The summed E-state index contributed by atoms with van der Waals surface area (Å²) >= 11 is 11.9. The van der Waals surface area contributed by atoms with Gasteiger partial charge in [0.2, 0.25) is 5.91 Å². The fourth-order valence-electron chi connectivity index (χ4n) is 3.09. The number of piperidine rings is 1. The lowest BCUT2D eigenvalue weighted by Crippen LogP contribution is -2.42. The summed E-state index contributed by atoms with van der Waals surface area (Å²) in [4.78, 5) is 37.9. The monoisotopic (exact) mass is 457 g/mol. The SMILES string of the molecule is CC(C)(C)OC(=O)NCCC(=O)NCC1CCN(C(=O)c2ccc(Cl)c(Cl)c2)CC1. The molecule has 1 aliphatic heterocycles. The summed E-state index contributed by atoms with van der Waals surface area (Å²) in [5.74, 6) is 0.121. The molecule has 3 amide bonds. The van der Waals surface area contributed by atoms with Crippen molar-refractivity contribution >= 4 is 41.1 Å². The van der Waals surface area contributed by atoms with Gasteiger partial charge in [-0.25, -0.2) is 4.79 Å². The number of likely N-dealkylation sites (tertiary alicyclic amines) is 1. The number of hydrogen-bond acceptors (Lipinski definition) is 4. The first-order valence-corrected chi connectivity index (χ1v) is 10.8. The van der Waals surface area contributed by atoms with Crippen LogP contribution in [0.25, 0.3) is 0 Å². The van der Waals surface area contributed by atoms with Gasteiger partial charge in [-0.15, -0.1) is 0 Å². The van der Waals surface area contributed by atoms with E-state index < -0.39 is 11.7 Å². The highest BCUT2D eigenvalue weighted by Gasteiger charge is 2.24. The van der Waals surface area contributed by atoms with Crippen molar-refractivity contribution in [2.24, 2.45) is 5.92 Å². The molecule has 0 bridgehead atoms. The highest BCUT2D eigenvalue weighted by Crippen LogP contribution is 2.24. The molecule has 0 aromatic heterocycles. The summed E-state index contributed by atoms with van der Waals surface area (Å²) in [5.41, 5.74) is -0.0452. The Kier molecular flexibility index (Phi) is 8.79. The molecule has 2 N–H and O–H groups in total. The molecule has 1 heterocycles. The van der Waals surface area contributed by atoms with Gasteiger partial charge in [0, 0.05) is 38.2 Å². The van der Waals surface area contributed by atoms with E-state index in [2.05, 4.69) is 10.6 Å². The van der Waals surface area contributed by atoms with E-state index in [1.54, 1.807) is 43.9 Å². The standard InChI is InChI=1S/C21H29Cl2N3O4/c1-21(2,3)30-20(29)24-9-6-18(27)25-13-14-7-10-26(11-8-14)19(28)15-4-5-16(22)17(23)12-15/h4-5,12,14H,6-11,13H2,1-3H3,(H,24,29)(H,25,27). The van der Waals surface area contributed by atoms with Gasteiger partial charge in [-0.1, -0.05) is 23.2 Å². The Balaban J connectivity index is 1.66. The van der Waals surface area contributed by atoms with E-state index in [0.29, 0.717) is 41.2 Å². The second-order valence-electron chi connectivity index (χ2n) is 8.35. The molecule has 1 aromatic carbocycles. The summed E-state index contributed by atoms with van der Waals surface area (Å²) in [6.45, 7) is 7.37. The third-order valence-electron chi connectivity index (χ3n) is 4.68. The average molecular weight is 458 g/mol. The maximum atomic E-state index is 12.6. The van der Waals surface area contributed by atoms with Gasteiger partial charge in [0.1, 0.15) is 5.60 Å². The van der Waals surface area contributed by atoms with Crippen LogP contribution in [-0.4, -0.2) is 54.6 Å². The highest BCUT2D eigenvalue weighted by molar-refractivity contribution is 6.42. The van der Waals surface area contributed by atoms with E-state index in [1.807, 2.05) is 0 Å². The number of nitrogens with zero attached hydrogens (tertiary/aromatic N) is 1. The number of halogens is 2. The Morgan fingerprint density at radius 3 is 2.37 bits per heavy atom. The molecule has 7 nitrogen and oxygen atoms in total. The van der Waals surface area contributed by atoms with Crippen LogP contribution in [-0.2, 0) is 9.53 Å². The summed E-state index contributed by atoms with van der Waals surface area (Å²) < 4.78 is 5.12. The lowest BCUT2D eigenvalue weighted by Gasteiger charge is -2.32. The Bertz CT molecular complexity index is 772. The summed E-state index contributed by atoms with van der Waals surface area (Å²) in [6, 6.07) is 4.88. The third-order valence-corrected chi connectivity index (χ3v) is 5.42. The molecule has 1 aromatic rings. The van der Waals surface area contributed by atoms with Crippen LogP contribution in [0, 0.1) is 5.92 Å². The number of carbonyl (C=O) groups is 3. The number of amides is 3. The van der Waals surface area contributed by atoms with Crippen molar-refractivity contribution in [3.63, 3.8) is 0 Å². The quantitative estimate of drug-likeness (QED) is 0.678. The molecule has 166 valence electrons. The first kappa shape index (κ1) is 24.3. The molecule has 0 unspecified atom stereocenters. The van der Waals surface area contributed by atoms with E-state index in [1.165, 1.54) is 0 Å². The van der Waals surface area contributed by atoms with Crippen LogP contribution in [0.1, 0.15) is 50.4 Å². The zero-order valence-electron chi connectivity index (χ0n) is 17.6. The van der Waals surface area contributed by atoms with E-state index >= 15 is 0 Å². The zero-order valence-corrected chi connectivity index (χ0v) is 19.1. The molecule has 1 aliphatic rings. The number of nitrogens with one attached hydrogen (secondary N) is 2. The second kappa shape index (κ2) is 10.9. The van der Waals surface area contributed by atoms with Gasteiger partial charge in [-0.3, -0.25) is 9.59 Å². The predicted molar refractivity (Wildman–Crippen MR) is 117 cm³/mol. The molecule has 9 heteroatoms. The molecule has 1 fully saturated rings. The topological polar surface area (TPSA) is 87.7 Å². The smallest absolute Gasteiger partial charge is 0.407 e. The number of carbonyl (C=O) groups excluding carboxylic acids is 3. The molecule has 30 heavy (non-hydrogen) atoms. The summed E-state index contributed by atoms with van der Waals surface area (Å²) in [5, 5.41) is 6.25. The predicted octanol–water partition coefficient (Wildman–Crippen LogP) is 3.88. The number of rotatable bonds is 6. The van der Waals surface area contributed by atoms with Gasteiger partial charge in [-0.05, 0) is 57.7 Å². The van der Waals surface area contributed by atoms with Crippen LogP contribution in [0.4, 0.5) is 4.79 Å². The van der Waals surface area contributed by atoms with Crippen LogP contribution < -0.4 is 10.6 Å². The van der Waals surface area contributed by atoms with E-state index in [4.69, 9.17) is 27.9 Å². The number of benzene rings is 1. The lowest BCUT2D eigenvalue weighted by molar-refractivity contribution is -0.121. The minimum absolute atomic E-state index is 0.0655. The van der Waals surface area contributed by atoms with Crippen LogP contribution in [0.2, 0.25) is 10.0 Å². The maximum absolute atomic E-state index is 12.6. The van der Waals surface area contributed by atoms with Crippen LogP contribution in [0.15, 0.2) is 18.2 Å². The van der Waals surface area contributed by atoms with Crippen LogP contribution in [0.5, 0.6) is 0 Å². The van der Waals surface area contributed by atoms with Crippen molar-refractivity contribution in [3.8, 4) is 0 Å². The van der Waals surface area contributed by atoms with Gasteiger partial charge in [0.05, 0.1) is 10.0 Å². The molecule has 0 radical (unpaired) electrons. The Labute approximate surface area is 187 Å². The summed E-state index contributed by atoms with van der Waals surface area (Å²) in [6.07, 6.45) is 1.27. The lowest BCUT2D eigenvalue weighted by atomic mass is 9.96. The Morgan fingerprint density at radius 1 is 1.10 bits per heavy atom. The van der Waals surface area contributed by atoms with Crippen molar-refractivity contribution in [3.05, 3.63) is 33.8 Å². The second-order valence-corrected chi connectivity index (χ2v) is 9.16. The average Bonchev–Trinajstić information content (AvgIpc) is 2.67. The van der Waals surface area contributed by atoms with Crippen LogP contribution in [0.3, 0.4) is 0 Å². The fraction of sp³-hybridized carbons (Fsp3) is 0.571. The van der Waals surface area contributed by atoms with Crippen molar-refractivity contribution in [1.29, 1.82) is 0 Å². The molecule has 2 rings (SSSR count). The first-order chi connectivity index (χ1) is 14.0. The maximum Gasteiger partial charge on any atom is 0.407 e. The molecule has 0 atom stereocenters. The van der Waals surface area contributed by atoms with E-state index in [0.717, 1.165) is 12.8 Å². The zero-order chi connectivity index (χ0) is 22.3. The molecule has 0 saturated carbocycles.